The van der Waals surface area contributed by atoms with Crippen LogP contribution in [0.4, 0.5) is 11.4 Å². The van der Waals surface area contributed by atoms with E-state index in [9.17, 15) is 9.59 Å². The molecule has 2 aromatic rings. The number of rotatable bonds is 5. The summed E-state index contributed by atoms with van der Waals surface area (Å²) in [6.45, 7) is 1.74. The Labute approximate surface area is 156 Å². The molecule has 0 bridgehead atoms. The molecule has 2 unspecified atom stereocenters. The molecule has 1 aliphatic heterocycles. The maximum Gasteiger partial charge on any atom is 0.238 e. The molecule has 6 nitrogen and oxygen atoms in total. The highest BCUT2D eigenvalue weighted by Gasteiger charge is 2.35. The minimum Gasteiger partial charge on any atom is -0.497 e. The van der Waals surface area contributed by atoms with E-state index in [2.05, 4.69) is 10.6 Å². The molecule has 1 heterocycles. The van der Waals surface area contributed by atoms with Gasteiger partial charge < -0.3 is 20.1 Å². The fraction of sp³-hybridized carbons (Fsp3) is 0.263. The highest BCUT2D eigenvalue weighted by Crippen LogP contribution is 2.39. The Balaban J connectivity index is 1.77. The molecule has 0 saturated carbocycles. The van der Waals surface area contributed by atoms with Crippen molar-refractivity contribution in [3.8, 4) is 11.5 Å². The smallest absolute Gasteiger partial charge is 0.238 e. The van der Waals surface area contributed by atoms with Crippen LogP contribution >= 0.6 is 11.8 Å². The van der Waals surface area contributed by atoms with Gasteiger partial charge in [-0.2, -0.15) is 0 Å². The Morgan fingerprint density at radius 3 is 2.69 bits per heavy atom. The van der Waals surface area contributed by atoms with Crippen LogP contribution in [0.25, 0.3) is 0 Å². The number of hydrogen-bond donors (Lipinski definition) is 2. The summed E-state index contributed by atoms with van der Waals surface area (Å²) in [7, 11) is 3.08. The number of nitrogens with one attached hydrogen (secondary N) is 2. The number of anilines is 2. The number of ether oxygens (including phenoxy) is 2. The maximum atomic E-state index is 12.7. The third-order valence-electron chi connectivity index (χ3n) is 4.19. The van der Waals surface area contributed by atoms with E-state index in [4.69, 9.17) is 9.47 Å². The lowest BCUT2D eigenvalue weighted by atomic mass is 10.1. The monoisotopic (exact) mass is 372 g/mol. The molecule has 0 saturated heterocycles. The second-order valence-electron chi connectivity index (χ2n) is 5.87. The van der Waals surface area contributed by atoms with Crippen molar-refractivity contribution in [1.29, 1.82) is 0 Å². The average Bonchev–Trinajstić information content (AvgIpc) is 2.66. The van der Waals surface area contributed by atoms with E-state index in [0.29, 0.717) is 17.2 Å². The van der Waals surface area contributed by atoms with Gasteiger partial charge in [0.2, 0.25) is 11.8 Å². The highest BCUT2D eigenvalue weighted by atomic mass is 32.2. The summed E-state index contributed by atoms with van der Waals surface area (Å²) in [6.07, 6.45) is 0. The second-order valence-corrected chi connectivity index (χ2v) is 7.05. The molecule has 2 amide bonds. The van der Waals surface area contributed by atoms with Gasteiger partial charge in [0.05, 0.1) is 36.8 Å². The van der Waals surface area contributed by atoms with Crippen LogP contribution in [0.1, 0.15) is 6.92 Å². The van der Waals surface area contributed by atoms with Crippen LogP contribution in [0, 0.1) is 5.92 Å². The number of amides is 2. The first-order valence-corrected chi connectivity index (χ1v) is 9.01. The van der Waals surface area contributed by atoms with Gasteiger partial charge in [0.15, 0.2) is 0 Å². The Morgan fingerprint density at radius 2 is 1.96 bits per heavy atom. The number of para-hydroxylation sites is 1. The van der Waals surface area contributed by atoms with Crippen molar-refractivity contribution in [3.05, 3.63) is 42.5 Å². The highest BCUT2D eigenvalue weighted by molar-refractivity contribution is 8.01. The van der Waals surface area contributed by atoms with Crippen LogP contribution in [-0.4, -0.2) is 31.3 Å². The van der Waals surface area contributed by atoms with E-state index in [1.807, 2.05) is 24.3 Å². The molecule has 0 radical (unpaired) electrons. The Morgan fingerprint density at radius 1 is 1.19 bits per heavy atom. The molecule has 136 valence electrons. The molecule has 0 aromatic heterocycles. The fourth-order valence-corrected chi connectivity index (χ4v) is 3.86. The van der Waals surface area contributed by atoms with Crippen molar-refractivity contribution in [3.63, 3.8) is 0 Å². The Bertz CT molecular complexity index is 840. The van der Waals surface area contributed by atoms with Crippen LogP contribution in [0.3, 0.4) is 0 Å². The summed E-state index contributed by atoms with van der Waals surface area (Å²) >= 11 is 1.40. The predicted molar refractivity (Wildman–Crippen MR) is 102 cm³/mol. The molecule has 0 spiro atoms. The Hall–Kier alpha value is -2.67. The van der Waals surface area contributed by atoms with E-state index in [0.717, 1.165) is 10.6 Å². The normalized spacial score (nSPS) is 16.9. The van der Waals surface area contributed by atoms with E-state index >= 15 is 0 Å². The van der Waals surface area contributed by atoms with Crippen LogP contribution in [0.5, 0.6) is 11.5 Å². The first kappa shape index (κ1) is 18.1. The molecule has 0 fully saturated rings. The van der Waals surface area contributed by atoms with Crippen LogP contribution in [0.15, 0.2) is 47.4 Å². The lowest BCUT2D eigenvalue weighted by molar-refractivity contribution is -0.123. The largest absolute Gasteiger partial charge is 0.497 e. The van der Waals surface area contributed by atoms with E-state index in [1.165, 1.54) is 18.9 Å². The van der Waals surface area contributed by atoms with E-state index in [1.54, 1.807) is 32.2 Å². The predicted octanol–water partition coefficient (Wildman–Crippen LogP) is 3.39. The zero-order valence-corrected chi connectivity index (χ0v) is 15.6. The number of benzene rings is 2. The van der Waals surface area contributed by atoms with Gasteiger partial charge in [-0.25, -0.2) is 0 Å². The van der Waals surface area contributed by atoms with Crippen LogP contribution in [0.2, 0.25) is 0 Å². The molecule has 26 heavy (non-hydrogen) atoms. The minimum absolute atomic E-state index is 0.172. The minimum atomic E-state index is -0.538. The molecular formula is C19H20N2O4S. The van der Waals surface area contributed by atoms with Crippen molar-refractivity contribution in [1.82, 2.24) is 0 Å². The molecule has 1 aliphatic rings. The van der Waals surface area contributed by atoms with E-state index < -0.39 is 11.2 Å². The van der Waals surface area contributed by atoms with Crippen LogP contribution in [-0.2, 0) is 9.59 Å². The zero-order valence-electron chi connectivity index (χ0n) is 14.7. The second kappa shape index (κ2) is 7.70. The molecular weight excluding hydrogens is 352 g/mol. The van der Waals surface area contributed by atoms with Gasteiger partial charge >= 0.3 is 0 Å². The standard InChI is InChI=1S/C19H20N2O4S/c1-11(17-19(23)20-13-6-4-5-7-16(13)26-17)18(22)21-14-10-12(24-2)8-9-15(14)25-3/h4-11,17H,1-3H3,(H,20,23)(H,21,22). The average molecular weight is 372 g/mol. The van der Waals surface area contributed by atoms with Gasteiger partial charge in [-0.05, 0) is 24.3 Å². The molecule has 2 aromatic carbocycles. The van der Waals surface area contributed by atoms with Crippen molar-refractivity contribution >= 4 is 35.0 Å². The lowest BCUT2D eigenvalue weighted by Gasteiger charge is -2.27. The molecule has 2 N–H and O–H groups in total. The van der Waals surface area contributed by atoms with Crippen molar-refractivity contribution in [2.24, 2.45) is 5.92 Å². The van der Waals surface area contributed by atoms with Gasteiger partial charge in [0.25, 0.3) is 0 Å². The zero-order chi connectivity index (χ0) is 18.7. The van der Waals surface area contributed by atoms with Gasteiger partial charge in [0, 0.05) is 11.0 Å². The summed E-state index contributed by atoms with van der Waals surface area (Å²) in [5.74, 6) is 0.159. The van der Waals surface area contributed by atoms with Crippen molar-refractivity contribution < 1.29 is 19.1 Å². The summed E-state index contributed by atoms with van der Waals surface area (Å²) in [6, 6.07) is 12.7. The summed E-state index contributed by atoms with van der Waals surface area (Å²) in [4.78, 5) is 26.1. The first-order chi connectivity index (χ1) is 12.5. The first-order valence-electron chi connectivity index (χ1n) is 8.13. The molecule has 0 aliphatic carbocycles. The summed E-state index contributed by atoms with van der Waals surface area (Å²) < 4.78 is 10.5. The molecule has 3 rings (SSSR count). The lowest BCUT2D eigenvalue weighted by Crippen LogP contribution is -2.39. The van der Waals surface area contributed by atoms with Gasteiger partial charge in [0.1, 0.15) is 11.5 Å². The summed E-state index contributed by atoms with van der Waals surface area (Å²) in [5, 5.41) is 5.19. The van der Waals surface area contributed by atoms with Gasteiger partial charge in [-0.3, -0.25) is 9.59 Å². The molecule has 2 atom stereocenters. The number of fused-ring (bicyclic) bond motifs is 1. The Kier molecular flexibility index (Phi) is 5.37. The maximum absolute atomic E-state index is 12.7. The topological polar surface area (TPSA) is 76.7 Å². The van der Waals surface area contributed by atoms with Crippen molar-refractivity contribution in [2.75, 3.05) is 24.9 Å². The fourth-order valence-electron chi connectivity index (χ4n) is 2.69. The quantitative estimate of drug-likeness (QED) is 0.841. The molecule has 7 heteroatoms. The van der Waals surface area contributed by atoms with Crippen LogP contribution < -0.4 is 20.1 Å². The number of hydrogen-bond acceptors (Lipinski definition) is 5. The van der Waals surface area contributed by atoms with Gasteiger partial charge in [-0.15, -0.1) is 11.8 Å². The number of methoxy groups -OCH3 is 2. The summed E-state index contributed by atoms with van der Waals surface area (Å²) in [5.41, 5.74) is 1.28. The van der Waals surface area contributed by atoms with Gasteiger partial charge in [-0.1, -0.05) is 19.1 Å². The van der Waals surface area contributed by atoms with Crippen molar-refractivity contribution in [2.45, 2.75) is 17.1 Å². The SMILES string of the molecule is COc1ccc(OC)c(NC(=O)C(C)C2Sc3ccccc3NC2=O)c1. The van der Waals surface area contributed by atoms with E-state index in [-0.39, 0.29) is 11.8 Å². The number of carbonyl (C=O) groups excluding carboxylic acids is 2. The number of thioether (sulfide) groups is 1. The third-order valence-corrected chi connectivity index (χ3v) is 5.68. The third kappa shape index (κ3) is 3.62. The number of carbonyl (C=O) groups is 2.